The van der Waals surface area contributed by atoms with Crippen LogP contribution in [-0.4, -0.2) is 11.6 Å². The zero-order chi connectivity index (χ0) is 23.8. The van der Waals surface area contributed by atoms with E-state index >= 15 is 4.39 Å². The van der Waals surface area contributed by atoms with E-state index in [1.807, 2.05) is 36.4 Å². The number of aryl methyl sites for hydroxylation is 4. The van der Waals surface area contributed by atoms with Crippen LogP contribution in [0.3, 0.4) is 0 Å². The number of halogens is 2. The summed E-state index contributed by atoms with van der Waals surface area (Å²) in [4.78, 5) is 4.53. The summed E-state index contributed by atoms with van der Waals surface area (Å²) in [5.41, 5.74) is 3.86. The van der Waals surface area contributed by atoms with Crippen molar-refractivity contribution >= 4 is 10.8 Å². The molecular formula is C30H31F2NO. The summed E-state index contributed by atoms with van der Waals surface area (Å²) in [6.07, 6.45) is 8.14. The summed E-state index contributed by atoms with van der Waals surface area (Å²) in [5, 5.41) is 1.55. The van der Waals surface area contributed by atoms with Gasteiger partial charge in [-0.05, 0) is 78.4 Å². The molecule has 0 radical (unpaired) electrons. The highest BCUT2D eigenvalue weighted by molar-refractivity contribution is 5.84. The molecule has 0 aliphatic rings. The molecule has 2 nitrogen and oxygen atoms in total. The molecule has 4 rings (SSSR count). The Labute approximate surface area is 200 Å². The van der Waals surface area contributed by atoms with Crippen molar-refractivity contribution in [1.82, 2.24) is 4.98 Å². The third-order valence-corrected chi connectivity index (χ3v) is 6.18. The molecule has 0 saturated carbocycles. The van der Waals surface area contributed by atoms with Crippen molar-refractivity contribution in [2.45, 2.75) is 51.9 Å². The predicted molar refractivity (Wildman–Crippen MR) is 134 cm³/mol. The maximum absolute atomic E-state index is 15.1. The van der Waals surface area contributed by atoms with E-state index in [4.69, 9.17) is 4.74 Å². The number of unbranched alkanes of at least 4 members (excludes halogenated alkanes) is 2. The molecule has 0 spiro atoms. The molecule has 1 aromatic heterocycles. The van der Waals surface area contributed by atoms with Crippen LogP contribution in [-0.2, 0) is 25.7 Å². The third-order valence-electron chi connectivity index (χ3n) is 6.18. The SMILES string of the molecule is CCCCCOc1ccc(CCc2ccc3c(F)c(CCc4ccc(F)cc4)ccc3c2)nc1. The quantitative estimate of drug-likeness (QED) is 0.215. The minimum atomic E-state index is -0.254. The van der Waals surface area contributed by atoms with Crippen LogP contribution >= 0.6 is 0 Å². The average Bonchev–Trinajstić information content (AvgIpc) is 2.87. The summed E-state index contributed by atoms with van der Waals surface area (Å²) in [7, 11) is 0. The fraction of sp³-hybridized carbons (Fsp3) is 0.300. The van der Waals surface area contributed by atoms with Gasteiger partial charge in [0.2, 0.25) is 0 Å². The van der Waals surface area contributed by atoms with Gasteiger partial charge in [0.1, 0.15) is 17.4 Å². The molecule has 0 aliphatic heterocycles. The Bertz CT molecular complexity index is 1200. The van der Waals surface area contributed by atoms with Gasteiger partial charge in [-0.15, -0.1) is 0 Å². The van der Waals surface area contributed by atoms with Crippen LogP contribution in [0.4, 0.5) is 8.78 Å². The van der Waals surface area contributed by atoms with Crippen molar-refractivity contribution in [3.05, 3.63) is 107 Å². The van der Waals surface area contributed by atoms with Crippen molar-refractivity contribution < 1.29 is 13.5 Å². The summed E-state index contributed by atoms with van der Waals surface area (Å²) in [6.45, 7) is 2.91. The van der Waals surface area contributed by atoms with Crippen molar-refractivity contribution in [2.75, 3.05) is 6.61 Å². The van der Waals surface area contributed by atoms with E-state index in [1.165, 1.54) is 25.0 Å². The van der Waals surface area contributed by atoms with E-state index < -0.39 is 0 Å². The van der Waals surface area contributed by atoms with Gasteiger partial charge in [0.15, 0.2) is 0 Å². The fourth-order valence-electron chi connectivity index (χ4n) is 4.12. The van der Waals surface area contributed by atoms with E-state index in [1.54, 1.807) is 18.3 Å². The maximum Gasteiger partial charge on any atom is 0.137 e. The third kappa shape index (κ3) is 6.40. The molecule has 176 valence electrons. The first-order chi connectivity index (χ1) is 16.6. The highest BCUT2D eigenvalue weighted by Gasteiger charge is 2.09. The molecular weight excluding hydrogens is 428 g/mol. The molecule has 0 unspecified atom stereocenters. The summed E-state index contributed by atoms with van der Waals surface area (Å²) < 4.78 is 33.9. The first-order valence-corrected chi connectivity index (χ1v) is 12.1. The Morgan fingerprint density at radius 2 is 1.56 bits per heavy atom. The molecule has 3 aromatic carbocycles. The number of hydrogen-bond donors (Lipinski definition) is 0. The molecule has 0 atom stereocenters. The molecule has 0 fully saturated rings. The van der Waals surface area contributed by atoms with Crippen LogP contribution in [0.2, 0.25) is 0 Å². The number of benzene rings is 3. The fourth-order valence-corrected chi connectivity index (χ4v) is 4.12. The van der Waals surface area contributed by atoms with E-state index in [-0.39, 0.29) is 11.6 Å². The molecule has 0 N–H and O–H groups in total. The van der Waals surface area contributed by atoms with Gasteiger partial charge >= 0.3 is 0 Å². The van der Waals surface area contributed by atoms with Crippen LogP contribution < -0.4 is 4.74 Å². The first kappa shape index (κ1) is 23.9. The van der Waals surface area contributed by atoms with Gasteiger partial charge in [0.05, 0.1) is 12.8 Å². The van der Waals surface area contributed by atoms with E-state index in [9.17, 15) is 4.39 Å². The highest BCUT2D eigenvalue weighted by Crippen LogP contribution is 2.24. The van der Waals surface area contributed by atoms with Crippen molar-refractivity contribution in [3.63, 3.8) is 0 Å². The second-order valence-corrected chi connectivity index (χ2v) is 8.76. The Balaban J connectivity index is 1.35. The minimum absolute atomic E-state index is 0.164. The maximum atomic E-state index is 15.1. The lowest BCUT2D eigenvalue weighted by atomic mass is 9.98. The molecule has 4 aromatic rings. The molecule has 0 bridgehead atoms. The molecule has 1 heterocycles. The van der Waals surface area contributed by atoms with Crippen molar-refractivity contribution in [1.29, 1.82) is 0 Å². The lowest BCUT2D eigenvalue weighted by Gasteiger charge is -2.09. The largest absolute Gasteiger partial charge is 0.492 e. The van der Waals surface area contributed by atoms with Gasteiger partial charge in [-0.2, -0.15) is 0 Å². The van der Waals surface area contributed by atoms with Gasteiger partial charge in [-0.3, -0.25) is 4.98 Å². The summed E-state index contributed by atoms with van der Waals surface area (Å²) in [6, 6.07) is 20.2. The molecule has 0 saturated heterocycles. The van der Waals surface area contributed by atoms with Crippen molar-refractivity contribution in [2.24, 2.45) is 0 Å². The van der Waals surface area contributed by atoms with Gasteiger partial charge < -0.3 is 4.74 Å². The number of aromatic nitrogens is 1. The Hall–Kier alpha value is -3.27. The standard InChI is InChI=1S/C30H31F2NO/c1-2-3-4-19-34-28-17-16-27(33-21-28)15-8-23-9-18-29-25(20-23)12-11-24(30(29)32)10-5-22-6-13-26(31)14-7-22/h6-7,9,11-14,16-18,20-21H,2-5,8,10,15,19H2,1H3. The summed E-state index contributed by atoms with van der Waals surface area (Å²) >= 11 is 0. The van der Waals surface area contributed by atoms with E-state index in [2.05, 4.69) is 18.0 Å². The Morgan fingerprint density at radius 3 is 2.32 bits per heavy atom. The smallest absolute Gasteiger partial charge is 0.137 e. The van der Waals surface area contributed by atoms with Crippen LogP contribution in [0.5, 0.6) is 5.75 Å². The second-order valence-electron chi connectivity index (χ2n) is 8.76. The van der Waals surface area contributed by atoms with Gasteiger partial charge in [-0.25, -0.2) is 8.78 Å². The number of nitrogens with zero attached hydrogens (tertiary/aromatic N) is 1. The number of rotatable bonds is 11. The van der Waals surface area contributed by atoms with Crippen LogP contribution in [0.1, 0.15) is 48.6 Å². The Kier molecular flexibility index (Phi) is 8.24. The second kappa shape index (κ2) is 11.7. The van der Waals surface area contributed by atoms with Crippen molar-refractivity contribution in [3.8, 4) is 5.75 Å². The number of pyridine rings is 1. The normalized spacial score (nSPS) is 11.1. The highest BCUT2D eigenvalue weighted by atomic mass is 19.1. The van der Waals surface area contributed by atoms with Crippen LogP contribution in [0, 0.1) is 11.6 Å². The zero-order valence-electron chi connectivity index (χ0n) is 19.7. The number of hydrogen-bond acceptors (Lipinski definition) is 2. The number of ether oxygens (including phenoxy) is 1. The monoisotopic (exact) mass is 459 g/mol. The Morgan fingerprint density at radius 1 is 0.765 bits per heavy atom. The van der Waals surface area contributed by atoms with Gasteiger partial charge in [0.25, 0.3) is 0 Å². The number of fused-ring (bicyclic) bond motifs is 1. The first-order valence-electron chi connectivity index (χ1n) is 12.1. The lowest BCUT2D eigenvalue weighted by molar-refractivity contribution is 0.305. The minimum Gasteiger partial charge on any atom is -0.492 e. The molecule has 34 heavy (non-hydrogen) atoms. The molecule has 0 aliphatic carbocycles. The zero-order valence-corrected chi connectivity index (χ0v) is 19.7. The van der Waals surface area contributed by atoms with Gasteiger partial charge in [-0.1, -0.05) is 62.2 Å². The molecule has 4 heteroatoms. The van der Waals surface area contributed by atoms with Crippen LogP contribution in [0.25, 0.3) is 10.8 Å². The van der Waals surface area contributed by atoms with E-state index in [0.29, 0.717) is 23.8 Å². The van der Waals surface area contributed by atoms with E-state index in [0.717, 1.165) is 53.8 Å². The topological polar surface area (TPSA) is 22.1 Å². The van der Waals surface area contributed by atoms with Gasteiger partial charge in [0, 0.05) is 11.1 Å². The van der Waals surface area contributed by atoms with Crippen LogP contribution in [0.15, 0.2) is 72.9 Å². The molecule has 0 amide bonds. The lowest BCUT2D eigenvalue weighted by Crippen LogP contribution is -1.99. The summed E-state index contributed by atoms with van der Waals surface area (Å²) in [5.74, 6) is 0.398. The predicted octanol–water partition coefficient (Wildman–Crippen LogP) is 7.65. The average molecular weight is 460 g/mol.